The standard InChI is InChI=1S/C16H16BrClO2/c1-16(19,12-4-3-5-13(17)9-12)10-11-8-14(18)6-7-15(11)20-2/h3-9,19H,10H2,1-2H3. The Labute approximate surface area is 132 Å². The molecule has 0 bridgehead atoms. The molecule has 0 aliphatic rings. The van der Waals surface area contributed by atoms with Crippen molar-refractivity contribution in [3.8, 4) is 5.75 Å². The molecule has 0 saturated heterocycles. The lowest BCUT2D eigenvalue weighted by Crippen LogP contribution is -2.24. The molecule has 2 rings (SSSR count). The normalized spacial score (nSPS) is 13.8. The lowest BCUT2D eigenvalue weighted by molar-refractivity contribution is 0.0569. The average molecular weight is 356 g/mol. The zero-order valence-electron chi connectivity index (χ0n) is 11.4. The largest absolute Gasteiger partial charge is 0.496 e. The van der Waals surface area contributed by atoms with E-state index >= 15 is 0 Å². The Balaban J connectivity index is 2.35. The topological polar surface area (TPSA) is 29.5 Å². The second kappa shape index (κ2) is 6.17. The Kier molecular flexibility index (Phi) is 4.74. The molecule has 2 aromatic carbocycles. The van der Waals surface area contributed by atoms with Crippen LogP contribution in [-0.4, -0.2) is 12.2 Å². The number of aliphatic hydroxyl groups is 1. The predicted octanol–water partition coefficient (Wildman–Crippen LogP) is 4.56. The highest BCUT2D eigenvalue weighted by molar-refractivity contribution is 9.10. The maximum absolute atomic E-state index is 10.8. The smallest absolute Gasteiger partial charge is 0.122 e. The minimum absolute atomic E-state index is 0.424. The van der Waals surface area contributed by atoms with Gasteiger partial charge >= 0.3 is 0 Å². The van der Waals surface area contributed by atoms with Crippen molar-refractivity contribution in [3.05, 3.63) is 63.1 Å². The van der Waals surface area contributed by atoms with Gasteiger partial charge in [0.1, 0.15) is 5.75 Å². The van der Waals surface area contributed by atoms with Gasteiger partial charge in [0, 0.05) is 15.9 Å². The van der Waals surface area contributed by atoms with Crippen molar-refractivity contribution < 1.29 is 9.84 Å². The molecule has 0 aliphatic carbocycles. The van der Waals surface area contributed by atoms with Crippen molar-refractivity contribution in [2.24, 2.45) is 0 Å². The Morgan fingerprint density at radius 1 is 1.25 bits per heavy atom. The molecule has 0 radical (unpaired) electrons. The van der Waals surface area contributed by atoms with Crippen LogP contribution in [0.2, 0.25) is 5.02 Å². The molecule has 0 fully saturated rings. The van der Waals surface area contributed by atoms with Gasteiger partial charge in [0.15, 0.2) is 0 Å². The monoisotopic (exact) mass is 354 g/mol. The number of halogens is 2. The Hall–Kier alpha value is -1.03. The molecule has 106 valence electrons. The predicted molar refractivity (Wildman–Crippen MR) is 85.4 cm³/mol. The van der Waals surface area contributed by atoms with E-state index in [0.29, 0.717) is 11.4 Å². The first-order chi connectivity index (χ1) is 9.42. The molecule has 0 aromatic heterocycles. The van der Waals surface area contributed by atoms with Crippen molar-refractivity contribution in [3.63, 3.8) is 0 Å². The number of hydrogen-bond acceptors (Lipinski definition) is 2. The zero-order chi connectivity index (χ0) is 14.8. The van der Waals surface area contributed by atoms with Crippen LogP contribution < -0.4 is 4.74 Å². The fourth-order valence-electron chi connectivity index (χ4n) is 2.18. The molecule has 0 aliphatic heterocycles. The zero-order valence-corrected chi connectivity index (χ0v) is 13.7. The van der Waals surface area contributed by atoms with Gasteiger partial charge in [-0.2, -0.15) is 0 Å². The highest BCUT2D eigenvalue weighted by Gasteiger charge is 2.25. The van der Waals surface area contributed by atoms with Gasteiger partial charge in [0.25, 0.3) is 0 Å². The van der Waals surface area contributed by atoms with E-state index in [1.54, 1.807) is 20.1 Å². The number of methoxy groups -OCH3 is 1. The van der Waals surface area contributed by atoms with Crippen molar-refractivity contribution >= 4 is 27.5 Å². The summed E-state index contributed by atoms with van der Waals surface area (Å²) in [5.41, 5.74) is 0.723. The minimum Gasteiger partial charge on any atom is -0.496 e. The van der Waals surface area contributed by atoms with E-state index in [2.05, 4.69) is 15.9 Å². The first kappa shape index (κ1) is 15.4. The van der Waals surface area contributed by atoms with Gasteiger partial charge in [-0.3, -0.25) is 0 Å². The second-order valence-electron chi connectivity index (χ2n) is 4.92. The van der Waals surface area contributed by atoms with Gasteiger partial charge in [-0.05, 0) is 48.4 Å². The highest BCUT2D eigenvalue weighted by Crippen LogP contribution is 2.32. The van der Waals surface area contributed by atoms with Crippen LogP contribution in [0.4, 0.5) is 0 Å². The molecule has 1 atom stereocenters. The molecule has 2 aromatic rings. The van der Waals surface area contributed by atoms with Crippen LogP contribution in [0.15, 0.2) is 46.9 Å². The summed E-state index contributed by atoms with van der Waals surface area (Å²) >= 11 is 9.45. The summed E-state index contributed by atoms with van der Waals surface area (Å²) in [6.45, 7) is 1.79. The maximum Gasteiger partial charge on any atom is 0.122 e. The van der Waals surface area contributed by atoms with E-state index in [1.165, 1.54) is 0 Å². The van der Waals surface area contributed by atoms with Crippen LogP contribution in [-0.2, 0) is 12.0 Å². The molecular formula is C16H16BrClO2. The summed E-state index contributed by atoms with van der Waals surface area (Å²) in [5, 5.41) is 11.4. The lowest BCUT2D eigenvalue weighted by Gasteiger charge is -2.25. The van der Waals surface area contributed by atoms with Gasteiger partial charge in [-0.15, -0.1) is 0 Å². The SMILES string of the molecule is COc1ccc(Cl)cc1CC(C)(O)c1cccc(Br)c1. The lowest BCUT2D eigenvalue weighted by atomic mass is 9.89. The molecule has 1 N–H and O–H groups in total. The van der Waals surface area contributed by atoms with Crippen LogP contribution in [0.3, 0.4) is 0 Å². The molecule has 0 amide bonds. The van der Waals surface area contributed by atoms with E-state index in [4.69, 9.17) is 16.3 Å². The van der Waals surface area contributed by atoms with Crippen molar-refractivity contribution in [1.82, 2.24) is 0 Å². The van der Waals surface area contributed by atoms with Crippen LogP contribution in [0, 0.1) is 0 Å². The van der Waals surface area contributed by atoms with E-state index < -0.39 is 5.60 Å². The fraction of sp³-hybridized carbons (Fsp3) is 0.250. The van der Waals surface area contributed by atoms with Gasteiger partial charge in [-0.1, -0.05) is 39.7 Å². The summed E-state index contributed by atoms with van der Waals surface area (Å²) in [4.78, 5) is 0. The third kappa shape index (κ3) is 3.54. The van der Waals surface area contributed by atoms with Gasteiger partial charge < -0.3 is 9.84 Å². The highest BCUT2D eigenvalue weighted by atomic mass is 79.9. The molecular weight excluding hydrogens is 340 g/mol. The van der Waals surface area contributed by atoms with Crippen LogP contribution >= 0.6 is 27.5 Å². The third-order valence-electron chi connectivity index (χ3n) is 3.22. The summed E-state index contributed by atoms with van der Waals surface area (Å²) in [5.74, 6) is 0.727. The van der Waals surface area contributed by atoms with E-state index in [-0.39, 0.29) is 0 Å². The Morgan fingerprint density at radius 3 is 2.65 bits per heavy atom. The molecule has 0 saturated carbocycles. The fourth-order valence-corrected chi connectivity index (χ4v) is 2.78. The first-order valence-electron chi connectivity index (χ1n) is 6.23. The Bertz CT molecular complexity index is 611. The summed E-state index contributed by atoms with van der Waals surface area (Å²) < 4.78 is 6.27. The van der Waals surface area contributed by atoms with E-state index in [0.717, 1.165) is 21.3 Å². The molecule has 20 heavy (non-hydrogen) atoms. The average Bonchev–Trinajstić information content (AvgIpc) is 2.38. The van der Waals surface area contributed by atoms with Crippen molar-refractivity contribution in [2.45, 2.75) is 18.9 Å². The number of rotatable bonds is 4. The second-order valence-corrected chi connectivity index (χ2v) is 6.27. The van der Waals surface area contributed by atoms with Gasteiger partial charge in [0.05, 0.1) is 12.7 Å². The Morgan fingerprint density at radius 2 is 2.00 bits per heavy atom. The van der Waals surface area contributed by atoms with E-state index in [1.807, 2.05) is 36.4 Å². The van der Waals surface area contributed by atoms with Crippen LogP contribution in [0.25, 0.3) is 0 Å². The molecule has 1 unspecified atom stereocenters. The first-order valence-corrected chi connectivity index (χ1v) is 7.40. The van der Waals surface area contributed by atoms with Gasteiger partial charge in [-0.25, -0.2) is 0 Å². The molecule has 4 heteroatoms. The molecule has 0 spiro atoms. The summed E-state index contributed by atoms with van der Waals surface area (Å²) in [6, 6.07) is 13.1. The van der Waals surface area contributed by atoms with E-state index in [9.17, 15) is 5.11 Å². The number of hydrogen-bond donors (Lipinski definition) is 1. The number of ether oxygens (including phenoxy) is 1. The molecule has 0 heterocycles. The van der Waals surface area contributed by atoms with Crippen molar-refractivity contribution in [2.75, 3.05) is 7.11 Å². The van der Waals surface area contributed by atoms with Crippen LogP contribution in [0.1, 0.15) is 18.1 Å². The molecule has 2 nitrogen and oxygen atoms in total. The van der Waals surface area contributed by atoms with Crippen LogP contribution in [0.5, 0.6) is 5.75 Å². The minimum atomic E-state index is -0.998. The quantitative estimate of drug-likeness (QED) is 0.871. The van der Waals surface area contributed by atoms with Gasteiger partial charge in [0.2, 0.25) is 0 Å². The summed E-state index contributed by atoms with van der Waals surface area (Å²) in [6.07, 6.45) is 0.424. The van der Waals surface area contributed by atoms with Crippen molar-refractivity contribution in [1.29, 1.82) is 0 Å². The summed E-state index contributed by atoms with van der Waals surface area (Å²) in [7, 11) is 1.61. The third-order valence-corrected chi connectivity index (χ3v) is 3.95. The number of benzene rings is 2. The maximum atomic E-state index is 10.8.